The Morgan fingerprint density at radius 2 is 1.81 bits per heavy atom. The van der Waals surface area contributed by atoms with Gasteiger partial charge in [-0.1, -0.05) is 12.1 Å². The van der Waals surface area contributed by atoms with Crippen molar-refractivity contribution in [3.8, 4) is 0 Å². The molecule has 0 fully saturated rings. The van der Waals surface area contributed by atoms with Gasteiger partial charge in [0.05, 0.1) is 0 Å². The predicted octanol–water partition coefficient (Wildman–Crippen LogP) is 1.71. The van der Waals surface area contributed by atoms with Crippen LogP contribution in [0.2, 0.25) is 0 Å². The van der Waals surface area contributed by atoms with Gasteiger partial charge in [0.1, 0.15) is 0 Å². The zero-order valence-electron chi connectivity index (χ0n) is 11.8. The first-order valence-corrected chi connectivity index (χ1v) is 7.47. The van der Waals surface area contributed by atoms with E-state index in [0.29, 0.717) is 12.1 Å². The summed E-state index contributed by atoms with van der Waals surface area (Å²) >= 11 is 1.67. The summed E-state index contributed by atoms with van der Waals surface area (Å²) in [5.41, 5.74) is 8.01. The number of nitrogens with two attached hydrogens (primary N) is 1. The lowest BCUT2D eigenvalue weighted by atomic mass is 10.1. The maximum Gasteiger partial charge on any atom is 0.248 e. The molecule has 21 heavy (non-hydrogen) atoms. The van der Waals surface area contributed by atoms with Gasteiger partial charge in [-0.2, -0.15) is 11.3 Å². The van der Waals surface area contributed by atoms with Crippen LogP contribution in [-0.4, -0.2) is 18.9 Å². The lowest BCUT2D eigenvalue weighted by Crippen LogP contribution is -2.36. The molecule has 6 heteroatoms. The largest absolute Gasteiger partial charge is 0.366 e. The topological polar surface area (TPSA) is 79.5 Å². The number of benzene rings is 1. The zero-order valence-corrected chi connectivity index (χ0v) is 12.6. The molecule has 1 aromatic heterocycles. The quantitative estimate of drug-likeness (QED) is 0.581. The molecule has 2 aromatic rings. The Hall–Kier alpha value is -2.34. The van der Waals surface area contributed by atoms with Gasteiger partial charge >= 0.3 is 0 Å². The highest BCUT2D eigenvalue weighted by Gasteiger charge is 2.01. The summed E-state index contributed by atoms with van der Waals surface area (Å²) in [5, 5.41) is 10.6. The van der Waals surface area contributed by atoms with E-state index in [9.17, 15) is 4.79 Å². The van der Waals surface area contributed by atoms with Gasteiger partial charge in [-0.25, -0.2) is 0 Å². The summed E-state index contributed by atoms with van der Waals surface area (Å²) in [4.78, 5) is 15.2. The van der Waals surface area contributed by atoms with Gasteiger partial charge in [0.2, 0.25) is 5.91 Å². The number of aliphatic imine (C=N–C) groups is 1. The Balaban J connectivity index is 1.83. The number of carbonyl (C=O) groups is 1. The van der Waals surface area contributed by atoms with E-state index in [1.165, 1.54) is 5.56 Å². The standard InChI is InChI=1S/C15H18N4OS/c1-17-15(19-9-12-6-7-21-10-12)18-8-11-2-4-13(5-3-11)14(16)20/h2-7,10H,8-9H2,1H3,(H2,16,20)(H2,17,18,19). The third-order valence-corrected chi connectivity index (χ3v) is 3.69. The molecule has 5 nitrogen and oxygen atoms in total. The van der Waals surface area contributed by atoms with Crippen molar-refractivity contribution >= 4 is 23.2 Å². The van der Waals surface area contributed by atoms with Crippen molar-refractivity contribution in [1.29, 1.82) is 0 Å². The predicted molar refractivity (Wildman–Crippen MR) is 86.3 cm³/mol. The van der Waals surface area contributed by atoms with Gasteiger partial charge in [-0.3, -0.25) is 9.79 Å². The fourth-order valence-corrected chi connectivity index (χ4v) is 2.44. The molecule has 0 saturated carbocycles. The van der Waals surface area contributed by atoms with E-state index < -0.39 is 5.91 Å². The molecule has 0 unspecified atom stereocenters. The van der Waals surface area contributed by atoms with Gasteiger partial charge in [0.15, 0.2) is 5.96 Å². The summed E-state index contributed by atoms with van der Waals surface area (Å²) < 4.78 is 0. The van der Waals surface area contributed by atoms with Crippen molar-refractivity contribution in [2.24, 2.45) is 10.7 Å². The second-order valence-electron chi connectivity index (χ2n) is 4.47. The molecule has 110 valence electrons. The average Bonchev–Trinajstić information content (AvgIpc) is 3.01. The molecule has 0 saturated heterocycles. The van der Waals surface area contributed by atoms with Gasteiger partial charge < -0.3 is 16.4 Å². The molecule has 4 N–H and O–H groups in total. The van der Waals surface area contributed by atoms with Crippen LogP contribution in [0.25, 0.3) is 0 Å². The smallest absolute Gasteiger partial charge is 0.248 e. The maximum atomic E-state index is 11.0. The van der Waals surface area contributed by atoms with E-state index in [0.717, 1.165) is 18.1 Å². The van der Waals surface area contributed by atoms with Crippen molar-refractivity contribution in [3.63, 3.8) is 0 Å². The molecule has 2 rings (SSSR count). The molecule has 1 heterocycles. The first-order chi connectivity index (χ1) is 10.2. The molecule has 0 aliphatic rings. The number of thiophene rings is 1. The third kappa shape index (κ3) is 4.61. The summed E-state index contributed by atoms with van der Waals surface area (Å²) in [6.07, 6.45) is 0. The second-order valence-corrected chi connectivity index (χ2v) is 5.25. The first-order valence-electron chi connectivity index (χ1n) is 6.53. The summed E-state index contributed by atoms with van der Waals surface area (Å²) in [7, 11) is 1.74. The number of rotatable bonds is 5. The van der Waals surface area contributed by atoms with Gasteiger partial charge in [0, 0.05) is 25.7 Å². The van der Waals surface area contributed by atoms with Crippen molar-refractivity contribution in [2.75, 3.05) is 7.05 Å². The van der Waals surface area contributed by atoms with E-state index in [2.05, 4.69) is 27.1 Å². The van der Waals surface area contributed by atoms with Crippen molar-refractivity contribution in [3.05, 3.63) is 57.8 Å². The Morgan fingerprint density at radius 3 is 2.33 bits per heavy atom. The number of carbonyl (C=O) groups excluding carboxylic acids is 1. The Bertz CT molecular complexity index is 605. The first kappa shape index (κ1) is 15.1. The highest BCUT2D eigenvalue weighted by atomic mass is 32.1. The van der Waals surface area contributed by atoms with Crippen LogP contribution in [0.15, 0.2) is 46.1 Å². The van der Waals surface area contributed by atoms with E-state index in [1.807, 2.05) is 17.5 Å². The average molecular weight is 302 g/mol. The number of primary amides is 1. The van der Waals surface area contributed by atoms with Crippen LogP contribution in [-0.2, 0) is 13.1 Å². The molecule has 1 amide bonds. The molecule has 0 aliphatic carbocycles. The monoisotopic (exact) mass is 302 g/mol. The van der Waals surface area contributed by atoms with Crippen LogP contribution in [0.3, 0.4) is 0 Å². The fourth-order valence-electron chi connectivity index (χ4n) is 1.77. The van der Waals surface area contributed by atoms with E-state index in [-0.39, 0.29) is 0 Å². The number of hydrogen-bond donors (Lipinski definition) is 3. The minimum atomic E-state index is -0.414. The summed E-state index contributed by atoms with van der Waals surface area (Å²) in [6, 6.07) is 9.27. The van der Waals surface area contributed by atoms with Crippen LogP contribution in [0.5, 0.6) is 0 Å². The van der Waals surface area contributed by atoms with Gasteiger partial charge in [-0.05, 0) is 40.1 Å². The lowest BCUT2D eigenvalue weighted by Gasteiger charge is -2.11. The fraction of sp³-hybridized carbons (Fsp3) is 0.200. The minimum Gasteiger partial charge on any atom is -0.366 e. The number of hydrogen-bond acceptors (Lipinski definition) is 3. The number of nitrogens with one attached hydrogen (secondary N) is 2. The number of nitrogens with zero attached hydrogens (tertiary/aromatic N) is 1. The van der Waals surface area contributed by atoms with E-state index >= 15 is 0 Å². The molecule has 0 aliphatic heterocycles. The Kier molecular flexibility index (Phi) is 5.34. The lowest BCUT2D eigenvalue weighted by molar-refractivity contribution is 0.100. The molecule has 1 aromatic carbocycles. The van der Waals surface area contributed by atoms with Crippen LogP contribution in [0.4, 0.5) is 0 Å². The van der Waals surface area contributed by atoms with Gasteiger partial charge in [0.25, 0.3) is 0 Å². The third-order valence-electron chi connectivity index (χ3n) is 2.96. The molecule has 0 radical (unpaired) electrons. The highest BCUT2D eigenvalue weighted by Crippen LogP contribution is 2.05. The minimum absolute atomic E-state index is 0.414. The normalized spacial score (nSPS) is 11.2. The zero-order chi connectivity index (χ0) is 15.1. The van der Waals surface area contributed by atoms with Crippen LogP contribution >= 0.6 is 11.3 Å². The number of amides is 1. The van der Waals surface area contributed by atoms with Crippen LogP contribution in [0.1, 0.15) is 21.5 Å². The molecule has 0 atom stereocenters. The van der Waals surface area contributed by atoms with Crippen molar-refractivity contribution in [1.82, 2.24) is 10.6 Å². The van der Waals surface area contributed by atoms with E-state index in [1.54, 1.807) is 30.5 Å². The Morgan fingerprint density at radius 1 is 1.14 bits per heavy atom. The molecular formula is C15H18N4OS. The molecule has 0 spiro atoms. The highest BCUT2D eigenvalue weighted by molar-refractivity contribution is 7.07. The van der Waals surface area contributed by atoms with Crippen molar-refractivity contribution < 1.29 is 4.79 Å². The second kappa shape index (κ2) is 7.44. The summed E-state index contributed by atoms with van der Waals surface area (Å²) in [5.74, 6) is 0.322. The van der Waals surface area contributed by atoms with E-state index in [4.69, 9.17) is 5.73 Å². The van der Waals surface area contributed by atoms with Gasteiger partial charge in [-0.15, -0.1) is 0 Å². The SMILES string of the molecule is CN=C(NCc1ccc(C(N)=O)cc1)NCc1ccsc1. The number of guanidine groups is 1. The maximum absolute atomic E-state index is 11.0. The van der Waals surface area contributed by atoms with Crippen molar-refractivity contribution in [2.45, 2.75) is 13.1 Å². The molecule has 0 bridgehead atoms. The van der Waals surface area contributed by atoms with Crippen LogP contribution in [0, 0.1) is 0 Å². The van der Waals surface area contributed by atoms with Crippen LogP contribution < -0.4 is 16.4 Å². The molecular weight excluding hydrogens is 284 g/mol. The Labute approximate surface area is 127 Å². The summed E-state index contributed by atoms with van der Waals surface area (Å²) in [6.45, 7) is 1.37.